The highest BCUT2D eigenvalue weighted by Crippen LogP contribution is 2.32. The third-order valence-corrected chi connectivity index (χ3v) is 4.42. The monoisotopic (exact) mass is 370 g/mol. The molecule has 6 heteroatoms. The first-order chi connectivity index (χ1) is 10.5. The van der Waals surface area contributed by atoms with Crippen molar-refractivity contribution in [3.05, 3.63) is 74.1 Å². The van der Waals surface area contributed by atoms with Crippen molar-refractivity contribution in [1.82, 2.24) is 9.97 Å². The predicted molar refractivity (Wildman–Crippen MR) is 93.3 cm³/mol. The van der Waals surface area contributed by atoms with Gasteiger partial charge in [-0.3, -0.25) is 0 Å². The summed E-state index contributed by atoms with van der Waals surface area (Å²) < 4.78 is 0. The number of imidazole rings is 1. The van der Waals surface area contributed by atoms with Crippen molar-refractivity contribution < 1.29 is 0 Å². The second-order valence-electron chi connectivity index (χ2n) is 4.80. The Hall–Kier alpha value is -1.19. The molecule has 1 N–H and O–H groups in total. The lowest BCUT2D eigenvalue weighted by Crippen LogP contribution is -1.91. The zero-order chi connectivity index (χ0) is 15.7. The van der Waals surface area contributed by atoms with E-state index in [-0.39, 0.29) is 0 Å². The fraction of sp³-hybridized carbons (Fsp3) is 0.0625. The molecule has 0 saturated carbocycles. The molecule has 0 atom stereocenters. The van der Waals surface area contributed by atoms with Gasteiger partial charge in [0.15, 0.2) is 0 Å². The number of hydrogen-bond acceptors (Lipinski definition) is 1. The summed E-state index contributed by atoms with van der Waals surface area (Å²) in [6, 6.07) is 10.9. The normalized spacial score (nSPS) is 10.9. The van der Waals surface area contributed by atoms with Crippen LogP contribution in [-0.2, 0) is 6.42 Å². The third-order valence-electron chi connectivity index (χ3n) is 3.16. The van der Waals surface area contributed by atoms with Gasteiger partial charge in [0.25, 0.3) is 0 Å². The van der Waals surface area contributed by atoms with Crippen LogP contribution in [0, 0.1) is 0 Å². The number of nitrogens with zero attached hydrogens (tertiary/aromatic N) is 1. The number of H-pyrrole nitrogens is 1. The zero-order valence-electron chi connectivity index (χ0n) is 11.2. The molecule has 112 valence electrons. The molecule has 0 fully saturated rings. The second kappa shape index (κ2) is 6.51. The maximum atomic E-state index is 6.22. The van der Waals surface area contributed by atoms with E-state index < -0.39 is 0 Å². The van der Waals surface area contributed by atoms with E-state index in [9.17, 15) is 0 Å². The lowest BCUT2D eigenvalue weighted by Gasteiger charge is -2.03. The molecule has 0 saturated heterocycles. The number of halogens is 4. The Labute approximate surface area is 148 Å². The van der Waals surface area contributed by atoms with Gasteiger partial charge in [0.2, 0.25) is 0 Å². The van der Waals surface area contributed by atoms with Gasteiger partial charge in [-0.15, -0.1) is 0 Å². The van der Waals surface area contributed by atoms with Gasteiger partial charge in [0, 0.05) is 22.0 Å². The first-order valence-corrected chi connectivity index (χ1v) is 7.97. The molecular formula is C16H10Cl4N2. The van der Waals surface area contributed by atoms with E-state index in [0.29, 0.717) is 26.5 Å². The molecule has 0 radical (unpaired) electrons. The molecule has 0 aliphatic heterocycles. The summed E-state index contributed by atoms with van der Waals surface area (Å²) in [6.45, 7) is 0. The van der Waals surface area contributed by atoms with Crippen LogP contribution in [0.3, 0.4) is 0 Å². The Kier molecular flexibility index (Phi) is 4.65. The molecule has 1 aromatic heterocycles. The molecule has 3 aromatic rings. The molecule has 22 heavy (non-hydrogen) atoms. The van der Waals surface area contributed by atoms with Crippen LogP contribution < -0.4 is 0 Å². The van der Waals surface area contributed by atoms with Gasteiger partial charge in [-0.1, -0.05) is 58.5 Å². The van der Waals surface area contributed by atoms with Crippen LogP contribution in [0.4, 0.5) is 0 Å². The van der Waals surface area contributed by atoms with Gasteiger partial charge in [0.1, 0.15) is 5.82 Å². The minimum absolute atomic E-state index is 0.505. The Bertz CT molecular complexity index is 807. The Morgan fingerprint density at radius 1 is 0.955 bits per heavy atom. The minimum Gasteiger partial charge on any atom is -0.342 e. The third kappa shape index (κ3) is 3.41. The highest BCUT2D eigenvalue weighted by Gasteiger charge is 2.10. The molecule has 0 bridgehead atoms. The summed E-state index contributed by atoms with van der Waals surface area (Å²) in [4.78, 5) is 7.62. The number of rotatable bonds is 3. The number of benzene rings is 2. The van der Waals surface area contributed by atoms with Crippen molar-refractivity contribution in [2.24, 2.45) is 0 Å². The van der Waals surface area contributed by atoms with Crippen LogP contribution in [0.15, 0.2) is 42.6 Å². The maximum Gasteiger partial charge on any atom is 0.110 e. The fourth-order valence-electron chi connectivity index (χ4n) is 2.21. The number of nitrogens with one attached hydrogen (secondary N) is 1. The van der Waals surface area contributed by atoms with Crippen molar-refractivity contribution in [3.8, 4) is 11.3 Å². The number of hydrogen-bond donors (Lipinski definition) is 1. The summed E-state index contributed by atoms with van der Waals surface area (Å²) in [7, 11) is 0. The SMILES string of the molecule is Clc1cc(Cl)cc(Cc2ncc(-c3cccc(Cl)c3Cl)[nH]2)c1. The molecular weight excluding hydrogens is 362 g/mol. The zero-order valence-corrected chi connectivity index (χ0v) is 14.2. The summed E-state index contributed by atoms with van der Waals surface area (Å²) >= 11 is 24.3. The standard InChI is InChI=1S/C16H10Cl4N2/c17-10-4-9(5-11(18)7-10)6-15-21-8-14(22-15)12-2-1-3-13(19)16(12)20/h1-5,7-8H,6H2,(H,21,22). The highest BCUT2D eigenvalue weighted by molar-refractivity contribution is 6.43. The highest BCUT2D eigenvalue weighted by atomic mass is 35.5. The van der Waals surface area contributed by atoms with E-state index in [1.54, 1.807) is 18.3 Å². The van der Waals surface area contributed by atoms with Crippen LogP contribution in [0.25, 0.3) is 11.3 Å². The first-order valence-electron chi connectivity index (χ1n) is 6.46. The smallest absolute Gasteiger partial charge is 0.110 e. The Morgan fingerprint density at radius 3 is 2.41 bits per heavy atom. The van der Waals surface area contributed by atoms with Gasteiger partial charge in [-0.05, 0) is 29.8 Å². The van der Waals surface area contributed by atoms with Crippen molar-refractivity contribution in [2.45, 2.75) is 6.42 Å². The summed E-state index contributed by atoms with van der Waals surface area (Å²) in [6.07, 6.45) is 2.33. The van der Waals surface area contributed by atoms with E-state index in [1.165, 1.54) is 0 Å². The van der Waals surface area contributed by atoms with E-state index in [0.717, 1.165) is 22.6 Å². The lowest BCUT2D eigenvalue weighted by molar-refractivity contribution is 1.03. The van der Waals surface area contributed by atoms with Crippen molar-refractivity contribution in [2.75, 3.05) is 0 Å². The minimum atomic E-state index is 0.505. The van der Waals surface area contributed by atoms with E-state index in [1.807, 2.05) is 24.3 Å². The molecule has 0 spiro atoms. The molecule has 0 aliphatic carbocycles. The van der Waals surface area contributed by atoms with Crippen LogP contribution in [-0.4, -0.2) is 9.97 Å². The number of aromatic nitrogens is 2. The molecule has 3 rings (SSSR count). The van der Waals surface area contributed by atoms with Crippen molar-refractivity contribution >= 4 is 46.4 Å². The number of aromatic amines is 1. The molecule has 0 amide bonds. The molecule has 2 nitrogen and oxygen atoms in total. The topological polar surface area (TPSA) is 28.7 Å². The predicted octanol–water partition coefficient (Wildman–Crippen LogP) is 6.28. The Morgan fingerprint density at radius 2 is 1.68 bits per heavy atom. The molecule has 2 aromatic carbocycles. The summed E-state index contributed by atoms with van der Waals surface area (Å²) in [5.41, 5.74) is 2.61. The lowest BCUT2D eigenvalue weighted by atomic mass is 10.1. The molecule has 1 heterocycles. The van der Waals surface area contributed by atoms with E-state index in [4.69, 9.17) is 46.4 Å². The average molecular weight is 372 g/mol. The largest absolute Gasteiger partial charge is 0.342 e. The van der Waals surface area contributed by atoms with Crippen molar-refractivity contribution in [1.29, 1.82) is 0 Å². The van der Waals surface area contributed by atoms with Crippen LogP contribution in [0.5, 0.6) is 0 Å². The van der Waals surface area contributed by atoms with Gasteiger partial charge >= 0.3 is 0 Å². The summed E-state index contributed by atoms with van der Waals surface area (Å²) in [5.74, 6) is 0.796. The van der Waals surface area contributed by atoms with Crippen LogP contribution in [0.2, 0.25) is 20.1 Å². The molecule has 0 aliphatic rings. The first kappa shape index (κ1) is 15.7. The van der Waals surface area contributed by atoms with Gasteiger partial charge < -0.3 is 4.98 Å². The summed E-state index contributed by atoms with van der Waals surface area (Å²) in [5, 5.41) is 2.22. The molecule has 0 unspecified atom stereocenters. The Balaban J connectivity index is 1.89. The van der Waals surface area contributed by atoms with Gasteiger partial charge in [0.05, 0.1) is 21.9 Å². The van der Waals surface area contributed by atoms with Gasteiger partial charge in [-0.25, -0.2) is 4.98 Å². The maximum absolute atomic E-state index is 6.22. The van der Waals surface area contributed by atoms with Crippen LogP contribution >= 0.6 is 46.4 Å². The van der Waals surface area contributed by atoms with Gasteiger partial charge in [-0.2, -0.15) is 0 Å². The van der Waals surface area contributed by atoms with E-state index >= 15 is 0 Å². The fourth-order valence-corrected chi connectivity index (χ4v) is 3.18. The van der Waals surface area contributed by atoms with E-state index in [2.05, 4.69) is 9.97 Å². The van der Waals surface area contributed by atoms with Crippen LogP contribution in [0.1, 0.15) is 11.4 Å². The quantitative estimate of drug-likeness (QED) is 0.576. The van der Waals surface area contributed by atoms with Crippen molar-refractivity contribution in [3.63, 3.8) is 0 Å². The average Bonchev–Trinajstić information content (AvgIpc) is 2.89. The second-order valence-corrected chi connectivity index (χ2v) is 6.46.